The summed E-state index contributed by atoms with van der Waals surface area (Å²) in [7, 11) is 1.76. The van der Waals surface area contributed by atoms with Crippen LogP contribution >= 0.6 is 15.9 Å². The minimum atomic E-state index is -0.349. The SMILES string of the molecule is CC(=NNC(=O)c1nn(C)cc1Br)c1ccc2ccccc2c1. The van der Waals surface area contributed by atoms with Crippen molar-refractivity contribution in [1.82, 2.24) is 15.2 Å². The molecular formula is C17H15BrN4O. The summed E-state index contributed by atoms with van der Waals surface area (Å²) in [4.78, 5) is 12.1. The minimum Gasteiger partial charge on any atom is -0.274 e. The quantitative estimate of drug-likeness (QED) is 0.566. The Bertz CT molecular complexity index is 914. The Morgan fingerprint density at radius 3 is 2.65 bits per heavy atom. The molecule has 0 bridgehead atoms. The molecule has 6 heteroatoms. The highest BCUT2D eigenvalue weighted by Crippen LogP contribution is 2.16. The fourth-order valence-corrected chi connectivity index (χ4v) is 2.84. The van der Waals surface area contributed by atoms with Crippen LogP contribution in [0.15, 0.2) is 58.2 Å². The largest absolute Gasteiger partial charge is 0.293 e. The molecule has 0 radical (unpaired) electrons. The molecule has 0 atom stereocenters. The maximum atomic E-state index is 12.1. The topological polar surface area (TPSA) is 59.3 Å². The van der Waals surface area contributed by atoms with E-state index in [1.165, 1.54) is 5.39 Å². The molecule has 0 aliphatic heterocycles. The number of halogens is 1. The van der Waals surface area contributed by atoms with Crippen LogP contribution < -0.4 is 5.43 Å². The minimum absolute atomic E-state index is 0.308. The van der Waals surface area contributed by atoms with E-state index in [1.807, 2.05) is 31.2 Å². The van der Waals surface area contributed by atoms with Crippen LogP contribution in [0.1, 0.15) is 23.0 Å². The van der Waals surface area contributed by atoms with Gasteiger partial charge in [-0.1, -0.05) is 36.4 Å². The Kier molecular flexibility index (Phi) is 4.25. The summed E-state index contributed by atoms with van der Waals surface area (Å²) in [6, 6.07) is 14.2. The molecule has 0 saturated heterocycles. The molecule has 0 fully saturated rings. The molecule has 5 nitrogen and oxygen atoms in total. The van der Waals surface area contributed by atoms with Crippen LogP contribution in [0.4, 0.5) is 0 Å². The van der Waals surface area contributed by atoms with Crippen molar-refractivity contribution >= 4 is 38.3 Å². The molecule has 3 rings (SSSR count). The second kappa shape index (κ2) is 6.34. The van der Waals surface area contributed by atoms with E-state index in [2.05, 4.69) is 49.8 Å². The van der Waals surface area contributed by atoms with Crippen LogP contribution in [-0.2, 0) is 7.05 Å². The number of nitrogens with one attached hydrogen (secondary N) is 1. The second-order valence-corrected chi connectivity index (χ2v) is 6.05. The molecule has 1 aromatic heterocycles. The smallest absolute Gasteiger partial charge is 0.274 e. The molecule has 0 saturated carbocycles. The number of rotatable bonds is 3. The zero-order chi connectivity index (χ0) is 16.4. The zero-order valence-electron chi connectivity index (χ0n) is 12.7. The fraction of sp³-hybridized carbons (Fsp3) is 0.118. The van der Waals surface area contributed by atoms with Crippen molar-refractivity contribution in [2.45, 2.75) is 6.92 Å². The zero-order valence-corrected chi connectivity index (χ0v) is 14.3. The predicted molar refractivity (Wildman–Crippen MR) is 94.5 cm³/mol. The molecule has 116 valence electrons. The average Bonchev–Trinajstić information content (AvgIpc) is 2.90. The predicted octanol–water partition coefficient (Wildman–Crippen LogP) is 3.49. The first-order valence-electron chi connectivity index (χ1n) is 7.07. The summed E-state index contributed by atoms with van der Waals surface area (Å²) in [5.41, 5.74) is 4.55. The van der Waals surface area contributed by atoms with Gasteiger partial charge in [-0.05, 0) is 45.3 Å². The molecule has 0 spiro atoms. The molecule has 2 aromatic carbocycles. The molecule has 0 aliphatic carbocycles. The van der Waals surface area contributed by atoms with Crippen molar-refractivity contribution < 1.29 is 4.79 Å². The Morgan fingerprint density at radius 1 is 1.22 bits per heavy atom. The highest BCUT2D eigenvalue weighted by molar-refractivity contribution is 9.10. The Labute approximate surface area is 142 Å². The Hall–Kier alpha value is -2.47. The van der Waals surface area contributed by atoms with E-state index in [4.69, 9.17) is 0 Å². The van der Waals surface area contributed by atoms with Crippen molar-refractivity contribution in [3.05, 3.63) is 64.4 Å². The lowest BCUT2D eigenvalue weighted by atomic mass is 10.0. The van der Waals surface area contributed by atoms with E-state index in [0.29, 0.717) is 10.2 Å². The van der Waals surface area contributed by atoms with Crippen molar-refractivity contribution in [2.24, 2.45) is 12.1 Å². The maximum absolute atomic E-state index is 12.1. The van der Waals surface area contributed by atoms with Gasteiger partial charge in [0.25, 0.3) is 5.91 Å². The lowest BCUT2D eigenvalue weighted by Crippen LogP contribution is -2.20. The Morgan fingerprint density at radius 2 is 1.96 bits per heavy atom. The van der Waals surface area contributed by atoms with Gasteiger partial charge in [-0.15, -0.1) is 0 Å². The molecular weight excluding hydrogens is 356 g/mol. The van der Waals surface area contributed by atoms with Gasteiger partial charge in [-0.2, -0.15) is 10.2 Å². The van der Waals surface area contributed by atoms with Gasteiger partial charge in [0.15, 0.2) is 5.69 Å². The van der Waals surface area contributed by atoms with Crippen molar-refractivity contribution in [1.29, 1.82) is 0 Å². The highest BCUT2D eigenvalue weighted by Gasteiger charge is 2.13. The van der Waals surface area contributed by atoms with Crippen LogP contribution in [0.2, 0.25) is 0 Å². The van der Waals surface area contributed by atoms with Gasteiger partial charge in [0.1, 0.15) is 0 Å². The molecule has 1 heterocycles. The Balaban J connectivity index is 1.81. The number of hydrazone groups is 1. The van der Waals surface area contributed by atoms with Crippen LogP contribution in [-0.4, -0.2) is 21.4 Å². The van der Waals surface area contributed by atoms with Gasteiger partial charge in [0.2, 0.25) is 0 Å². The van der Waals surface area contributed by atoms with Crippen LogP contribution in [0.5, 0.6) is 0 Å². The van der Waals surface area contributed by atoms with Crippen LogP contribution in [0, 0.1) is 0 Å². The summed E-state index contributed by atoms with van der Waals surface area (Å²) in [6.45, 7) is 1.86. The van der Waals surface area contributed by atoms with Crippen molar-refractivity contribution in [3.8, 4) is 0 Å². The van der Waals surface area contributed by atoms with E-state index in [-0.39, 0.29) is 5.91 Å². The van der Waals surface area contributed by atoms with Gasteiger partial charge in [0, 0.05) is 13.2 Å². The average molecular weight is 371 g/mol. The number of hydrogen-bond acceptors (Lipinski definition) is 3. The number of carbonyl (C=O) groups excluding carboxylic acids is 1. The highest BCUT2D eigenvalue weighted by atomic mass is 79.9. The van der Waals surface area contributed by atoms with E-state index in [1.54, 1.807) is 17.9 Å². The summed E-state index contributed by atoms with van der Waals surface area (Å²) in [5, 5.41) is 10.6. The van der Waals surface area contributed by atoms with E-state index >= 15 is 0 Å². The van der Waals surface area contributed by atoms with Gasteiger partial charge < -0.3 is 0 Å². The number of benzene rings is 2. The second-order valence-electron chi connectivity index (χ2n) is 5.20. The molecule has 23 heavy (non-hydrogen) atoms. The summed E-state index contributed by atoms with van der Waals surface area (Å²) in [6.07, 6.45) is 1.72. The van der Waals surface area contributed by atoms with E-state index in [0.717, 1.165) is 16.7 Å². The summed E-state index contributed by atoms with van der Waals surface area (Å²) >= 11 is 3.30. The molecule has 1 amide bonds. The first kappa shape index (κ1) is 15.4. The number of amides is 1. The van der Waals surface area contributed by atoms with Crippen molar-refractivity contribution in [2.75, 3.05) is 0 Å². The van der Waals surface area contributed by atoms with Crippen molar-refractivity contribution in [3.63, 3.8) is 0 Å². The number of carbonyl (C=O) groups is 1. The summed E-state index contributed by atoms with van der Waals surface area (Å²) in [5.74, 6) is -0.349. The fourth-order valence-electron chi connectivity index (χ4n) is 2.28. The molecule has 3 aromatic rings. The van der Waals surface area contributed by atoms with Gasteiger partial charge in [-0.3, -0.25) is 9.48 Å². The molecule has 0 aliphatic rings. The number of fused-ring (bicyclic) bond motifs is 1. The van der Waals surface area contributed by atoms with E-state index < -0.39 is 0 Å². The first-order chi connectivity index (χ1) is 11.0. The third kappa shape index (κ3) is 3.32. The lowest BCUT2D eigenvalue weighted by molar-refractivity contribution is 0.0948. The van der Waals surface area contributed by atoms with Crippen LogP contribution in [0.3, 0.4) is 0 Å². The number of nitrogens with zero attached hydrogens (tertiary/aromatic N) is 3. The van der Waals surface area contributed by atoms with Gasteiger partial charge in [0.05, 0.1) is 10.2 Å². The van der Waals surface area contributed by atoms with Gasteiger partial charge >= 0.3 is 0 Å². The third-order valence-corrected chi connectivity index (χ3v) is 4.07. The third-order valence-electron chi connectivity index (χ3n) is 3.49. The molecule has 1 N–H and O–H groups in total. The maximum Gasteiger partial charge on any atom is 0.293 e. The normalized spacial score (nSPS) is 11.7. The van der Waals surface area contributed by atoms with Gasteiger partial charge in [-0.25, -0.2) is 5.43 Å². The van der Waals surface area contributed by atoms with Crippen LogP contribution in [0.25, 0.3) is 10.8 Å². The number of aromatic nitrogens is 2. The number of hydrogen-bond donors (Lipinski definition) is 1. The van der Waals surface area contributed by atoms with E-state index in [9.17, 15) is 4.79 Å². The number of aryl methyl sites for hydroxylation is 1. The first-order valence-corrected chi connectivity index (χ1v) is 7.87. The summed E-state index contributed by atoms with van der Waals surface area (Å²) < 4.78 is 2.20. The lowest BCUT2D eigenvalue weighted by Gasteiger charge is -2.04. The molecule has 0 unspecified atom stereocenters. The standard InChI is InChI=1S/C17H15BrN4O/c1-11(13-8-7-12-5-3-4-6-14(12)9-13)19-20-17(23)16-15(18)10-22(2)21-16/h3-10H,1-2H3,(H,20,23). The monoisotopic (exact) mass is 370 g/mol.